The number of hydrogen-bond acceptors (Lipinski definition) is 1. The molecule has 0 unspecified atom stereocenters. The summed E-state index contributed by atoms with van der Waals surface area (Å²) in [4.78, 5) is 0. The molecule has 1 aromatic carbocycles. The van der Waals surface area contributed by atoms with Crippen LogP contribution >= 0.6 is 0 Å². The van der Waals surface area contributed by atoms with Crippen molar-refractivity contribution in [2.24, 2.45) is 0 Å². The minimum absolute atomic E-state index is 0.899. The second-order valence-electron chi connectivity index (χ2n) is 2.81. The molecule has 0 radical (unpaired) electrons. The van der Waals surface area contributed by atoms with Gasteiger partial charge < -0.3 is 4.74 Å². The zero-order valence-corrected chi connectivity index (χ0v) is 7.79. The van der Waals surface area contributed by atoms with Crippen molar-refractivity contribution < 1.29 is 4.74 Å². The number of rotatable bonds is 2. The van der Waals surface area contributed by atoms with Gasteiger partial charge in [-0.25, -0.2) is 0 Å². The second kappa shape index (κ2) is 3.96. The first kappa shape index (κ1) is 8.85. The molecule has 0 N–H and O–H groups in total. The summed E-state index contributed by atoms with van der Waals surface area (Å²) >= 11 is 0. The zero-order chi connectivity index (χ0) is 8.97. The first-order valence-electron chi connectivity index (χ1n) is 4.10. The van der Waals surface area contributed by atoms with Gasteiger partial charge in [-0.1, -0.05) is 17.7 Å². The minimum Gasteiger partial charge on any atom is -0.462 e. The first-order valence-corrected chi connectivity index (χ1v) is 4.10. The molecule has 0 saturated carbocycles. The fourth-order valence-electron chi connectivity index (χ4n) is 0.851. The summed E-state index contributed by atoms with van der Waals surface area (Å²) in [6.07, 6.45) is 1.94. The van der Waals surface area contributed by atoms with Gasteiger partial charge in [0, 0.05) is 0 Å². The topological polar surface area (TPSA) is 9.23 Å². The van der Waals surface area contributed by atoms with E-state index in [9.17, 15) is 0 Å². The van der Waals surface area contributed by atoms with E-state index in [1.807, 2.05) is 44.2 Å². The second-order valence-corrected chi connectivity index (χ2v) is 2.81. The number of aryl methyl sites for hydroxylation is 1. The summed E-state index contributed by atoms with van der Waals surface area (Å²) < 4.78 is 5.48. The van der Waals surface area contributed by atoms with Gasteiger partial charge in [0.15, 0.2) is 0 Å². The highest BCUT2D eigenvalue weighted by Gasteiger charge is 1.92. The minimum atomic E-state index is 0.899. The lowest BCUT2D eigenvalue weighted by atomic mass is 10.2. The van der Waals surface area contributed by atoms with Crippen LogP contribution in [0.25, 0.3) is 0 Å². The molecular formula is C11H14O. The van der Waals surface area contributed by atoms with Gasteiger partial charge in [0.05, 0.1) is 5.76 Å². The molecule has 0 aliphatic rings. The van der Waals surface area contributed by atoms with Crippen molar-refractivity contribution in [3.05, 3.63) is 41.7 Å². The molecule has 0 saturated heterocycles. The Hall–Kier alpha value is -1.24. The van der Waals surface area contributed by atoms with Crippen molar-refractivity contribution in [1.29, 1.82) is 0 Å². The first-order chi connectivity index (χ1) is 5.72. The van der Waals surface area contributed by atoms with E-state index in [2.05, 4.69) is 6.92 Å². The van der Waals surface area contributed by atoms with Crippen LogP contribution in [0.3, 0.4) is 0 Å². The van der Waals surface area contributed by atoms with Crippen LogP contribution in [0.2, 0.25) is 0 Å². The van der Waals surface area contributed by atoms with Crippen LogP contribution in [0, 0.1) is 6.92 Å². The monoisotopic (exact) mass is 162 g/mol. The molecule has 0 bridgehead atoms. The summed E-state index contributed by atoms with van der Waals surface area (Å²) in [7, 11) is 0. The predicted octanol–water partition coefficient (Wildman–Crippen LogP) is 3.30. The summed E-state index contributed by atoms with van der Waals surface area (Å²) in [5.74, 6) is 1.83. The van der Waals surface area contributed by atoms with Crippen molar-refractivity contribution in [3.8, 4) is 5.75 Å². The lowest BCUT2D eigenvalue weighted by molar-refractivity contribution is 0.426. The SMILES string of the molecule is C/C=C(\C)Oc1ccc(C)cc1. The highest BCUT2D eigenvalue weighted by atomic mass is 16.5. The van der Waals surface area contributed by atoms with Crippen molar-refractivity contribution >= 4 is 0 Å². The van der Waals surface area contributed by atoms with Crippen molar-refractivity contribution in [2.75, 3.05) is 0 Å². The average Bonchev–Trinajstić information content (AvgIpc) is 2.09. The molecule has 12 heavy (non-hydrogen) atoms. The maximum Gasteiger partial charge on any atom is 0.126 e. The molecule has 0 fully saturated rings. The van der Waals surface area contributed by atoms with Crippen molar-refractivity contribution in [1.82, 2.24) is 0 Å². The Labute approximate surface area is 73.7 Å². The molecule has 0 heterocycles. The summed E-state index contributed by atoms with van der Waals surface area (Å²) in [6.45, 7) is 5.97. The molecule has 0 atom stereocenters. The summed E-state index contributed by atoms with van der Waals surface area (Å²) in [5.41, 5.74) is 1.25. The van der Waals surface area contributed by atoms with E-state index in [4.69, 9.17) is 4.74 Å². The maximum absolute atomic E-state index is 5.48. The van der Waals surface area contributed by atoms with E-state index in [0.29, 0.717) is 0 Å². The van der Waals surface area contributed by atoms with Gasteiger partial charge in [0.25, 0.3) is 0 Å². The number of ether oxygens (including phenoxy) is 1. The third kappa shape index (κ3) is 2.42. The van der Waals surface area contributed by atoms with E-state index in [1.165, 1.54) is 5.56 Å². The fourth-order valence-corrected chi connectivity index (χ4v) is 0.851. The van der Waals surface area contributed by atoms with E-state index < -0.39 is 0 Å². The standard InChI is InChI=1S/C11H14O/c1-4-10(3)12-11-7-5-9(2)6-8-11/h4-8H,1-3H3/b10-4+. The quantitative estimate of drug-likeness (QED) is 0.606. The van der Waals surface area contributed by atoms with Gasteiger partial charge in [0.1, 0.15) is 5.75 Å². The predicted molar refractivity (Wildman–Crippen MR) is 51.2 cm³/mol. The van der Waals surface area contributed by atoms with Gasteiger partial charge in [-0.15, -0.1) is 0 Å². The van der Waals surface area contributed by atoms with Crippen LogP contribution in [0.1, 0.15) is 19.4 Å². The van der Waals surface area contributed by atoms with Gasteiger partial charge in [0.2, 0.25) is 0 Å². The van der Waals surface area contributed by atoms with E-state index in [1.54, 1.807) is 0 Å². The lowest BCUT2D eigenvalue weighted by Gasteiger charge is -2.04. The molecule has 0 spiro atoms. The van der Waals surface area contributed by atoms with Crippen LogP contribution in [-0.4, -0.2) is 0 Å². The molecular weight excluding hydrogens is 148 g/mol. The van der Waals surface area contributed by atoms with Crippen LogP contribution in [0.15, 0.2) is 36.1 Å². The Bertz CT molecular complexity index is 270. The Morgan fingerprint density at radius 3 is 2.33 bits per heavy atom. The highest BCUT2D eigenvalue weighted by Crippen LogP contribution is 2.14. The maximum atomic E-state index is 5.48. The van der Waals surface area contributed by atoms with Crippen LogP contribution in [0.5, 0.6) is 5.75 Å². The zero-order valence-electron chi connectivity index (χ0n) is 7.79. The fraction of sp³-hybridized carbons (Fsp3) is 0.273. The van der Waals surface area contributed by atoms with Gasteiger partial charge in [-0.2, -0.15) is 0 Å². The Morgan fingerprint density at radius 1 is 1.25 bits per heavy atom. The normalized spacial score (nSPS) is 11.4. The Kier molecular flexibility index (Phi) is 2.92. The molecule has 1 aromatic rings. The summed E-state index contributed by atoms with van der Waals surface area (Å²) in [5, 5.41) is 0. The number of hydrogen-bond donors (Lipinski definition) is 0. The van der Waals surface area contributed by atoms with Crippen molar-refractivity contribution in [3.63, 3.8) is 0 Å². The largest absolute Gasteiger partial charge is 0.462 e. The highest BCUT2D eigenvalue weighted by molar-refractivity contribution is 5.27. The molecule has 0 aromatic heterocycles. The van der Waals surface area contributed by atoms with Crippen LogP contribution < -0.4 is 4.74 Å². The third-order valence-electron chi connectivity index (χ3n) is 1.71. The van der Waals surface area contributed by atoms with E-state index in [0.717, 1.165) is 11.5 Å². The van der Waals surface area contributed by atoms with Crippen LogP contribution in [0.4, 0.5) is 0 Å². The van der Waals surface area contributed by atoms with Crippen LogP contribution in [-0.2, 0) is 0 Å². The van der Waals surface area contributed by atoms with Gasteiger partial charge in [-0.05, 0) is 39.0 Å². The smallest absolute Gasteiger partial charge is 0.126 e. The molecule has 1 nitrogen and oxygen atoms in total. The van der Waals surface area contributed by atoms with E-state index >= 15 is 0 Å². The molecule has 0 amide bonds. The van der Waals surface area contributed by atoms with E-state index in [-0.39, 0.29) is 0 Å². The van der Waals surface area contributed by atoms with Gasteiger partial charge >= 0.3 is 0 Å². The molecule has 0 aliphatic heterocycles. The lowest BCUT2D eigenvalue weighted by Crippen LogP contribution is -1.89. The van der Waals surface area contributed by atoms with Crippen molar-refractivity contribution in [2.45, 2.75) is 20.8 Å². The Balaban J connectivity index is 2.71. The molecule has 0 aliphatic carbocycles. The Morgan fingerprint density at radius 2 is 1.83 bits per heavy atom. The third-order valence-corrected chi connectivity index (χ3v) is 1.71. The summed E-state index contributed by atoms with van der Waals surface area (Å²) in [6, 6.07) is 8.03. The number of benzene rings is 1. The molecule has 64 valence electrons. The average molecular weight is 162 g/mol. The number of allylic oxidation sites excluding steroid dienone is 2. The van der Waals surface area contributed by atoms with Gasteiger partial charge in [-0.3, -0.25) is 0 Å². The molecule has 1 heteroatoms. The molecule has 1 rings (SSSR count).